The summed E-state index contributed by atoms with van der Waals surface area (Å²) in [6.07, 6.45) is 6.10. The highest BCUT2D eigenvalue weighted by atomic mass is 32.1. The van der Waals surface area contributed by atoms with Crippen molar-refractivity contribution in [3.05, 3.63) is 51.7 Å². The van der Waals surface area contributed by atoms with Crippen LogP contribution in [0.4, 0.5) is 10.5 Å². The number of hydrogen-bond donors (Lipinski definition) is 3. The molecule has 1 aromatic carbocycles. The van der Waals surface area contributed by atoms with Crippen molar-refractivity contribution in [2.45, 2.75) is 70.6 Å². The first-order valence-corrected chi connectivity index (χ1v) is 11.0. The lowest BCUT2D eigenvalue weighted by atomic mass is 9.81. The van der Waals surface area contributed by atoms with E-state index in [2.05, 4.69) is 48.1 Å². The molecule has 0 spiro atoms. The summed E-state index contributed by atoms with van der Waals surface area (Å²) < 4.78 is 0. The Labute approximate surface area is 166 Å². The van der Waals surface area contributed by atoms with E-state index in [1.165, 1.54) is 35.3 Å². The molecule has 2 unspecified atom stereocenters. The topological polar surface area (TPSA) is 45.6 Å². The van der Waals surface area contributed by atoms with Crippen molar-refractivity contribution >= 4 is 23.1 Å². The molecule has 27 heavy (non-hydrogen) atoms. The third-order valence-electron chi connectivity index (χ3n) is 6.07. The van der Waals surface area contributed by atoms with Gasteiger partial charge in [0.05, 0.1) is 17.0 Å². The maximum absolute atomic E-state index is 12.5. The van der Waals surface area contributed by atoms with E-state index < -0.39 is 0 Å². The van der Waals surface area contributed by atoms with Crippen LogP contribution in [-0.2, 0) is 6.54 Å². The highest BCUT2D eigenvalue weighted by Gasteiger charge is 2.42. The summed E-state index contributed by atoms with van der Waals surface area (Å²) in [5, 5.41) is 8.46. The Morgan fingerprint density at radius 2 is 1.85 bits per heavy atom. The molecule has 2 aliphatic heterocycles. The Kier molecular flexibility index (Phi) is 5.50. The molecule has 2 aliphatic rings. The lowest BCUT2D eigenvalue weighted by Gasteiger charge is -2.45. The monoisotopic (exact) mass is 384 g/mol. The first-order valence-electron chi connectivity index (χ1n) is 10.1. The standard InChI is InChI=1S/C22H29N3OS/c1-15-9-16(2)11-17(10-15)23-22(26)24-18-12-19-5-3-6-20(13-18)25(19)14-21-7-4-8-27-21/h4,7-11,18-20H,3,5-6,12-14H2,1-2H3,(H2,23,24,26)/p+1/t18?,19-,20+. The quantitative estimate of drug-likeness (QED) is 0.740. The Morgan fingerprint density at radius 3 is 2.48 bits per heavy atom. The van der Waals surface area contributed by atoms with Gasteiger partial charge in [-0.1, -0.05) is 12.1 Å². The number of piperidine rings is 2. The second kappa shape index (κ2) is 8.03. The van der Waals surface area contributed by atoms with Crippen molar-refractivity contribution in [3.63, 3.8) is 0 Å². The molecule has 4 nitrogen and oxygen atoms in total. The minimum Gasteiger partial charge on any atom is -0.335 e. The van der Waals surface area contributed by atoms with E-state index in [9.17, 15) is 4.79 Å². The van der Waals surface area contributed by atoms with E-state index in [0.29, 0.717) is 18.1 Å². The van der Waals surface area contributed by atoms with E-state index in [1.54, 1.807) is 4.90 Å². The van der Waals surface area contributed by atoms with Crippen LogP contribution in [0.15, 0.2) is 35.7 Å². The molecule has 1 aromatic heterocycles. The predicted molar refractivity (Wildman–Crippen MR) is 112 cm³/mol. The number of benzene rings is 1. The first-order chi connectivity index (χ1) is 13.1. The molecule has 2 saturated heterocycles. The third kappa shape index (κ3) is 4.53. The van der Waals surface area contributed by atoms with Gasteiger partial charge in [0.15, 0.2) is 0 Å². The molecule has 3 heterocycles. The van der Waals surface area contributed by atoms with Crippen LogP contribution >= 0.6 is 11.3 Å². The summed E-state index contributed by atoms with van der Waals surface area (Å²) in [5.41, 5.74) is 3.22. The number of nitrogens with one attached hydrogen (secondary N) is 3. The highest BCUT2D eigenvalue weighted by Crippen LogP contribution is 2.23. The fraction of sp³-hybridized carbons (Fsp3) is 0.500. The lowest BCUT2D eigenvalue weighted by Crippen LogP contribution is -3.20. The van der Waals surface area contributed by atoms with Crippen molar-refractivity contribution < 1.29 is 9.69 Å². The molecule has 0 aliphatic carbocycles. The fourth-order valence-corrected chi connectivity index (χ4v) is 5.80. The minimum atomic E-state index is -0.0650. The van der Waals surface area contributed by atoms with Gasteiger partial charge in [0.1, 0.15) is 6.54 Å². The molecule has 2 bridgehead atoms. The predicted octanol–water partition coefficient (Wildman–Crippen LogP) is 3.66. The highest BCUT2D eigenvalue weighted by molar-refractivity contribution is 7.09. The fourth-order valence-electron chi connectivity index (χ4n) is 5.06. The van der Waals surface area contributed by atoms with Crippen LogP contribution < -0.4 is 15.5 Å². The molecule has 3 N–H and O–H groups in total. The second-order valence-corrected chi connectivity index (χ2v) is 9.33. The van der Waals surface area contributed by atoms with Crippen LogP contribution in [0.2, 0.25) is 0 Å². The molecule has 0 radical (unpaired) electrons. The van der Waals surface area contributed by atoms with Gasteiger partial charge >= 0.3 is 6.03 Å². The maximum atomic E-state index is 12.5. The van der Waals surface area contributed by atoms with Crippen molar-refractivity contribution in [2.75, 3.05) is 5.32 Å². The van der Waals surface area contributed by atoms with Crippen molar-refractivity contribution in [1.29, 1.82) is 0 Å². The molecule has 2 aromatic rings. The van der Waals surface area contributed by atoms with Gasteiger partial charge in [0, 0.05) is 24.6 Å². The summed E-state index contributed by atoms with van der Waals surface area (Å²) >= 11 is 1.87. The minimum absolute atomic E-state index is 0.0650. The van der Waals surface area contributed by atoms with Gasteiger partial charge in [-0.05, 0) is 67.8 Å². The van der Waals surface area contributed by atoms with Gasteiger partial charge in [0.25, 0.3) is 0 Å². The SMILES string of the molecule is Cc1cc(C)cc(NC(=O)NC2C[C@H]3CCC[C@@H](C2)[NH+]3Cc2cccs2)c1. The number of quaternary nitrogens is 1. The molecule has 144 valence electrons. The van der Waals surface area contributed by atoms with Gasteiger partial charge in [-0.25, -0.2) is 4.79 Å². The Bertz CT molecular complexity index is 755. The molecular formula is C22H30N3OS+. The summed E-state index contributed by atoms with van der Waals surface area (Å²) in [4.78, 5) is 15.8. The molecule has 5 heteroatoms. The number of carbonyl (C=O) groups excluding carboxylic acids is 1. The third-order valence-corrected chi connectivity index (χ3v) is 6.94. The number of thiophene rings is 1. The second-order valence-electron chi connectivity index (χ2n) is 8.30. The smallest absolute Gasteiger partial charge is 0.319 e. The summed E-state index contributed by atoms with van der Waals surface area (Å²) in [7, 11) is 0. The molecular weight excluding hydrogens is 354 g/mol. The molecule has 4 atom stereocenters. The number of rotatable bonds is 4. The van der Waals surface area contributed by atoms with Crippen LogP contribution in [-0.4, -0.2) is 24.2 Å². The molecule has 2 fully saturated rings. The molecule has 0 saturated carbocycles. The summed E-state index contributed by atoms with van der Waals surface area (Å²) in [6, 6.07) is 12.1. The van der Waals surface area contributed by atoms with Crippen molar-refractivity contribution in [3.8, 4) is 0 Å². The van der Waals surface area contributed by atoms with Crippen LogP contribution in [0.3, 0.4) is 0 Å². The zero-order valence-corrected chi connectivity index (χ0v) is 17.1. The number of amides is 2. The van der Waals surface area contributed by atoms with Crippen LogP contribution in [0.5, 0.6) is 0 Å². The van der Waals surface area contributed by atoms with Crippen molar-refractivity contribution in [1.82, 2.24) is 5.32 Å². The van der Waals surface area contributed by atoms with Gasteiger partial charge < -0.3 is 15.5 Å². The number of fused-ring (bicyclic) bond motifs is 2. The van der Waals surface area contributed by atoms with Crippen LogP contribution in [0, 0.1) is 13.8 Å². The largest absolute Gasteiger partial charge is 0.335 e. The number of hydrogen-bond acceptors (Lipinski definition) is 2. The molecule has 4 rings (SSSR count). The Morgan fingerprint density at radius 1 is 1.15 bits per heavy atom. The number of carbonyl (C=O) groups is 1. The zero-order valence-electron chi connectivity index (χ0n) is 16.3. The maximum Gasteiger partial charge on any atom is 0.319 e. The molecule has 2 amide bonds. The van der Waals surface area contributed by atoms with Crippen LogP contribution in [0.1, 0.15) is 48.1 Å². The van der Waals surface area contributed by atoms with E-state index in [-0.39, 0.29) is 6.03 Å². The lowest BCUT2D eigenvalue weighted by molar-refractivity contribution is -0.973. The Hall–Kier alpha value is -1.85. The van der Waals surface area contributed by atoms with Gasteiger partial charge in [-0.2, -0.15) is 0 Å². The number of anilines is 1. The number of aryl methyl sites for hydroxylation is 2. The average Bonchev–Trinajstić information content (AvgIpc) is 3.07. The van der Waals surface area contributed by atoms with Gasteiger partial charge in [-0.15, -0.1) is 11.3 Å². The average molecular weight is 385 g/mol. The number of urea groups is 1. The summed E-state index contributed by atoms with van der Waals surface area (Å²) in [6.45, 7) is 5.27. The van der Waals surface area contributed by atoms with E-state index in [4.69, 9.17) is 0 Å². The Balaban J connectivity index is 1.36. The summed E-state index contributed by atoms with van der Waals surface area (Å²) in [5.74, 6) is 0. The van der Waals surface area contributed by atoms with Crippen molar-refractivity contribution in [2.24, 2.45) is 0 Å². The first kappa shape index (κ1) is 18.5. The van der Waals surface area contributed by atoms with Crippen LogP contribution in [0.25, 0.3) is 0 Å². The van der Waals surface area contributed by atoms with E-state index in [0.717, 1.165) is 25.1 Å². The zero-order chi connectivity index (χ0) is 18.8. The normalized spacial score (nSPS) is 27.2. The van der Waals surface area contributed by atoms with E-state index >= 15 is 0 Å². The van der Waals surface area contributed by atoms with Gasteiger partial charge in [-0.3, -0.25) is 0 Å². The van der Waals surface area contributed by atoms with E-state index in [1.807, 2.05) is 23.5 Å². The van der Waals surface area contributed by atoms with Gasteiger partial charge in [0.2, 0.25) is 0 Å².